The van der Waals surface area contributed by atoms with Gasteiger partial charge >= 0.3 is 0 Å². The molecule has 0 fully saturated rings. The molecule has 0 aliphatic heterocycles. The summed E-state index contributed by atoms with van der Waals surface area (Å²) in [5, 5.41) is 6.20. The van der Waals surface area contributed by atoms with Crippen LogP contribution in [0.4, 0.5) is 5.95 Å². The van der Waals surface area contributed by atoms with Gasteiger partial charge < -0.3 is 10.6 Å². The van der Waals surface area contributed by atoms with E-state index >= 15 is 0 Å². The molecule has 0 saturated heterocycles. The van der Waals surface area contributed by atoms with E-state index in [1.54, 1.807) is 12.4 Å². The Hall–Kier alpha value is -2.68. The second-order valence-electron chi connectivity index (χ2n) is 6.42. The van der Waals surface area contributed by atoms with Crippen LogP contribution in [0.2, 0.25) is 0 Å². The molecule has 2 aromatic rings. The minimum Gasteiger partial charge on any atom is -0.382 e. The van der Waals surface area contributed by atoms with E-state index in [-0.39, 0.29) is 18.3 Å². The number of hydrogen-bond acceptors (Lipinski definition) is 7. The lowest BCUT2D eigenvalue weighted by Gasteiger charge is -2.12. The van der Waals surface area contributed by atoms with Crippen molar-refractivity contribution in [2.45, 2.75) is 26.8 Å². The van der Waals surface area contributed by atoms with E-state index in [1.807, 2.05) is 43.7 Å². The van der Waals surface area contributed by atoms with E-state index in [4.69, 9.17) is 0 Å². The molecule has 0 atom stereocenters. The summed E-state index contributed by atoms with van der Waals surface area (Å²) in [6.07, 6.45) is 8.35. The number of anilines is 1. The molecular formula is C18H26N6O2S. The maximum atomic E-state index is 11.3. The van der Waals surface area contributed by atoms with Crippen LogP contribution < -0.4 is 10.6 Å². The Kier molecular flexibility index (Phi) is 6.73. The van der Waals surface area contributed by atoms with Gasteiger partial charge in [0.15, 0.2) is 5.82 Å². The molecule has 2 heterocycles. The zero-order valence-electron chi connectivity index (χ0n) is 16.1. The monoisotopic (exact) mass is 390 g/mol. The van der Waals surface area contributed by atoms with Gasteiger partial charge in [-0.05, 0) is 26.8 Å². The second-order valence-corrected chi connectivity index (χ2v) is 8.68. The first-order valence-electron chi connectivity index (χ1n) is 8.62. The van der Waals surface area contributed by atoms with Crippen molar-refractivity contribution in [3.8, 4) is 11.4 Å². The zero-order chi connectivity index (χ0) is 20.0. The van der Waals surface area contributed by atoms with Gasteiger partial charge in [-0.2, -0.15) is 0 Å². The molecule has 0 aliphatic rings. The Morgan fingerprint density at radius 1 is 1.37 bits per heavy atom. The lowest BCUT2D eigenvalue weighted by molar-refractivity contribution is 0.600. The molecule has 0 unspecified atom stereocenters. The molecule has 2 rings (SSSR count). The standard InChI is InChI=1S/C18H26N6O2S/c1-6-10-24-16(15-7-8-20-18(23-15)22-13(2)3)12-21-17(24)14(4)19-9-11-27(5,25)26/h6-8,10,12-13,19H,4,9,11H2,1-3,5H3,(H,20,22,23)/b10-6-. The molecule has 0 amide bonds. The first-order chi connectivity index (χ1) is 12.7. The Balaban J connectivity index is 2.30. The van der Waals surface area contributed by atoms with Crippen LogP contribution in [-0.2, 0) is 9.84 Å². The molecule has 0 aromatic carbocycles. The van der Waals surface area contributed by atoms with Crippen LogP contribution in [0.25, 0.3) is 23.3 Å². The van der Waals surface area contributed by atoms with E-state index < -0.39 is 9.84 Å². The fourth-order valence-corrected chi connectivity index (χ4v) is 2.84. The van der Waals surface area contributed by atoms with E-state index in [1.165, 1.54) is 6.26 Å². The smallest absolute Gasteiger partial charge is 0.223 e. The first kappa shape index (κ1) is 20.6. The molecule has 2 N–H and O–H groups in total. The molecule has 146 valence electrons. The van der Waals surface area contributed by atoms with Gasteiger partial charge in [0.2, 0.25) is 5.95 Å². The van der Waals surface area contributed by atoms with Crippen molar-refractivity contribution in [2.24, 2.45) is 0 Å². The van der Waals surface area contributed by atoms with Gasteiger partial charge in [-0.15, -0.1) is 0 Å². The van der Waals surface area contributed by atoms with Crippen molar-refractivity contribution in [3.05, 3.63) is 36.9 Å². The minimum atomic E-state index is -3.04. The Bertz CT molecular complexity index is 931. The van der Waals surface area contributed by atoms with Gasteiger partial charge in [-0.1, -0.05) is 12.7 Å². The minimum absolute atomic E-state index is 0.0271. The molecule has 0 aliphatic carbocycles. The van der Waals surface area contributed by atoms with Crippen molar-refractivity contribution in [3.63, 3.8) is 0 Å². The van der Waals surface area contributed by atoms with Crippen LogP contribution in [0.15, 0.2) is 31.1 Å². The lowest BCUT2D eigenvalue weighted by atomic mass is 10.3. The van der Waals surface area contributed by atoms with Crippen molar-refractivity contribution in [1.29, 1.82) is 0 Å². The first-order valence-corrected chi connectivity index (χ1v) is 10.7. The van der Waals surface area contributed by atoms with Crippen molar-refractivity contribution >= 4 is 27.7 Å². The van der Waals surface area contributed by atoms with Crippen molar-refractivity contribution in [1.82, 2.24) is 24.8 Å². The fourth-order valence-electron chi connectivity index (χ4n) is 2.37. The van der Waals surface area contributed by atoms with Gasteiger partial charge in [0, 0.05) is 31.2 Å². The molecule has 0 bridgehead atoms. The van der Waals surface area contributed by atoms with Crippen LogP contribution in [0.5, 0.6) is 0 Å². The van der Waals surface area contributed by atoms with E-state index in [0.717, 1.165) is 5.69 Å². The number of imidazole rings is 1. The third-order valence-corrected chi connectivity index (χ3v) is 4.46. The van der Waals surface area contributed by atoms with Gasteiger partial charge in [0.1, 0.15) is 9.84 Å². The topological polar surface area (TPSA) is 102 Å². The van der Waals surface area contributed by atoms with E-state index in [0.29, 0.717) is 23.2 Å². The maximum Gasteiger partial charge on any atom is 0.223 e. The predicted molar refractivity (Wildman–Crippen MR) is 110 cm³/mol. The van der Waals surface area contributed by atoms with E-state index in [9.17, 15) is 8.42 Å². The largest absolute Gasteiger partial charge is 0.382 e. The highest BCUT2D eigenvalue weighted by Gasteiger charge is 2.15. The van der Waals surface area contributed by atoms with Crippen molar-refractivity contribution in [2.75, 3.05) is 23.9 Å². The third-order valence-electron chi connectivity index (χ3n) is 3.51. The molecular weight excluding hydrogens is 364 g/mol. The van der Waals surface area contributed by atoms with Gasteiger partial charge in [-0.25, -0.2) is 23.4 Å². The average molecular weight is 391 g/mol. The second kappa shape index (κ2) is 8.81. The molecule has 9 heteroatoms. The normalized spacial score (nSPS) is 11.9. The maximum absolute atomic E-state index is 11.3. The zero-order valence-corrected chi connectivity index (χ0v) is 16.9. The van der Waals surface area contributed by atoms with Crippen LogP contribution in [0, 0.1) is 0 Å². The highest BCUT2D eigenvalue weighted by molar-refractivity contribution is 7.90. The average Bonchev–Trinajstić information content (AvgIpc) is 2.97. The van der Waals surface area contributed by atoms with E-state index in [2.05, 4.69) is 32.2 Å². The molecule has 2 aromatic heterocycles. The number of nitrogens with one attached hydrogen (secondary N) is 2. The number of aromatic nitrogens is 4. The number of rotatable bonds is 9. The third kappa shape index (κ3) is 5.92. The van der Waals surface area contributed by atoms with Gasteiger partial charge in [0.05, 0.1) is 29.0 Å². The Morgan fingerprint density at radius 3 is 2.74 bits per heavy atom. The number of nitrogens with zero attached hydrogens (tertiary/aromatic N) is 4. The highest BCUT2D eigenvalue weighted by atomic mass is 32.2. The van der Waals surface area contributed by atoms with Crippen molar-refractivity contribution < 1.29 is 8.42 Å². The Labute approximate surface area is 160 Å². The Morgan fingerprint density at radius 2 is 2.11 bits per heavy atom. The van der Waals surface area contributed by atoms with Crippen LogP contribution in [-0.4, -0.2) is 52.5 Å². The summed E-state index contributed by atoms with van der Waals surface area (Å²) in [5.41, 5.74) is 2.04. The summed E-state index contributed by atoms with van der Waals surface area (Å²) in [7, 11) is -3.04. The van der Waals surface area contributed by atoms with Gasteiger partial charge in [-0.3, -0.25) is 4.57 Å². The molecule has 8 nitrogen and oxygen atoms in total. The summed E-state index contributed by atoms with van der Waals surface area (Å²) in [4.78, 5) is 13.2. The fraction of sp³-hybridized carbons (Fsp3) is 0.389. The predicted octanol–water partition coefficient (Wildman–Crippen LogP) is 2.26. The lowest BCUT2D eigenvalue weighted by Crippen LogP contribution is -2.22. The molecule has 0 saturated carbocycles. The molecule has 27 heavy (non-hydrogen) atoms. The quantitative estimate of drug-likeness (QED) is 0.677. The van der Waals surface area contributed by atoms with Gasteiger partial charge in [0.25, 0.3) is 0 Å². The summed E-state index contributed by atoms with van der Waals surface area (Å²) in [6.45, 7) is 10.2. The van der Waals surface area contributed by atoms with Crippen LogP contribution in [0.1, 0.15) is 26.6 Å². The summed E-state index contributed by atoms with van der Waals surface area (Å²) in [6, 6.07) is 2.03. The molecule has 0 radical (unpaired) electrons. The molecule has 0 spiro atoms. The summed E-state index contributed by atoms with van der Waals surface area (Å²) < 4.78 is 24.4. The summed E-state index contributed by atoms with van der Waals surface area (Å²) >= 11 is 0. The SMILES string of the molecule is C=C(NCCS(C)(=O)=O)c1ncc(-c2ccnc(NC(C)C)n2)n1/C=C\C. The van der Waals surface area contributed by atoms with Crippen LogP contribution >= 0.6 is 0 Å². The number of allylic oxidation sites excluding steroid dienone is 1. The highest BCUT2D eigenvalue weighted by Crippen LogP contribution is 2.22. The van der Waals surface area contributed by atoms with Crippen LogP contribution in [0.3, 0.4) is 0 Å². The summed E-state index contributed by atoms with van der Waals surface area (Å²) in [5.74, 6) is 1.16. The number of sulfone groups is 1. The number of hydrogen-bond donors (Lipinski definition) is 2.